The minimum Gasteiger partial charge on any atom is -0.207 e. The highest BCUT2D eigenvalue weighted by Crippen LogP contribution is 2.12. The number of benzene rings is 2. The molecule has 1 radical (unpaired) electrons. The van der Waals surface area contributed by atoms with Crippen molar-refractivity contribution >= 4 is 18.2 Å². The second-order valence-corrected chi connectivity index (χ2v) is 4.12. The first-order chi connectivity index (χ1) is 9.31. The normalized spacial score (nSPS) is 10.8. The summed E-state index contributed by atoms with van der Waals surface area (Å²) < 4.78 is 79.5. The molecule has 2 rings (SSSR count). The molecule has 2 aromatic rings. The second-order valence-electron chi connectivity index (χ2n) is 4.12. The predicted molar refractivity (Wildman–Crippen MR) is 62.4 cm³/mol. The molecule has 0 unspecified atom stereocenters. The molecule has 0 aliphatic carbocycles. The van der Waals surface area contributed by atoms with Crippen molar-refractivity contribution in [3.63, 3.8) is 0 Å². The maximum atomic E-state index is 13.6. The molecular weight excluding hydrogens is 281 g/mol. The number of hydrogen-bond donors (Lipinski definition) is 0. The summed E-state index contributed by atoms with van der Waals surface area (Å²) in [6.07, 6.45) is 0. The third kappa shape index (κ3) is 2.52. The summed E-state index contributed by atoms with van der Waals surface area (Å²) in [6, 6.07) is 1.08. The van der Waals surface area contributed by atoms with Crippen LogP contribution in [-0.2, 0) is 0 Å². The predicted octanol–water partition coefficient (Wildman–Crippen LogP) is 2.48. The Bertz CT molecular complexity index is 660. The molecular formula is C13H6BF6. The third-order valence-electron chi connectivity index (χ3n) is 2.79. The van der Waals surface area contributed by atoms with Crippen molar-refractivity contribution in [2.75, 3.05) is 0 Å². The van der Waals surface area contributed by atoms with Gasteiger partial charge in [-0.15, -0.1) is 0 Å². The van der Waals surface area contributed by atoms with Crippen LogP contribution in [0.15, 0.2) is 18.2 Å². The van der Waals surface area contributed by atoms with Gasteiger partial charge in [0.15, 0.2) is 11.6 Å². The van der Waals surface area contributed by atoms with E-state index in [0.717, 1.165) is 6.92 Å². The van der Waals surface area contributed by atoms with Gasteiger partial charge in [0.05, 0.1) is 0 Å². The molecule has 0 saturated heterocycles. The molecule has 0 aliphatic rings. The van der Waals surface area contributed by atoms with E-state index in [1.807, 2.05) is 0 Å². The van der Waals surface area contributed by atoms with Gasteiger partial charge >= 0.3 is 0 Å². The number of halogens is 6. The van der Waals surface area contributed by atoms with E-state index in [9.17, 15) is 26.3 Å². The SMILES string of the molecule is Cc1c(F)c(F)cc(F)c1[B]c1c(F)cc(F)cc1F. The Kier molecular flexibility index (Phi) is 3.79. The monoisotopic (exact) mass is 287 g/mol. The summed E-state index contributed by atoms with van der Waals surface area (Å²) in [6.45, 7) is 1.06. The second kappa shape index (κ2) is 5.23. The van der Waals surface area contributed by atoms with Crippen LogP contribution in [-0.4, -0.2) is 7.28 Å². The van der Waals surface area contributed by atoms with Crippen LogP contribution >= 0.6 is 0 Å². The van der Waals surface area contributed by atoms with Crippen LogP contribution in [0.1, 0.15) is 5.56 Å². The van der Waals surface area contributed by atoms with E-state index in [-0.39, 0.29) is 6.07 Å². The highest BCUT2D eigenvalue weighted by atomic mass is 19.2. The molecule has 0 amide bonds. The van der Waals surface area contributed by atoms with Crippen molar-refractivity contribution in [3.05, 3.63) is 58.7 Å². The van der Waals surface area contributed by atoms with Gasteiger partial charge in [-0.05, 0) is 23.4 Å². The van der Waals surface area contributed by atoms with Gasteiger partial charge in [0, 0.05) is 18.2 Å². The Morgan fingerprint density at radius 1 is 0.700 bits per heavy atom. The smallest absolute Gasteiger partial charge is 0.203 e. The number of rotatable bonds is 2. The van der Waals surface area contributed by atoms with E-state index >= 15 is 0 Å². The summed E-state index contributed by atoms with van der Waals surface area (Å²) in [5.74, 6) is -7.58. The van der Waals surface area contributed by atoms with Gasteiger partial charge in [0.1, 0.15) is 23.3 Å². The van der Waals surface area contributed by atoms with Gasteiger partial charge in [0.2, 0.25) is 7.28 Å². The van der Waals surface area contributed by atoms with Crippen LogP contribution in [0.4, 0.5) is 26.3 Å². The zero-order valence-electron chi connectivity index (χ0n) is 10.1. The lowest BCUT2D eigenvalue weighted by Crippen LogP contribution is -2.36. The Balaban J connectivity index is 2.54. The fraction of sp³-hybridized carbons (Fsp3) is 0.0769. The first kappa shape index (κ1) is 14.5. The van der Waals surface area contributed by atoms with E-state index in [0.29, 0.717) is 19.4 Å². The summed E-state index contributed by atoms with van der Waals surface area (Å²) >= 11 is 0. The Labute approximate surface area is 111 Å². The van der Waals surface area contributed by atoms with Gasteiger partial charge in [-0.1, -0.05) is 0 Å². The molecule has 103 valence electrons. The maximum Gasteiger partial charge on any atom is 0.203 e. The lowest BCUT2D eigenvalue weighted by Gasteiger charge is -2.10. The summed E-state index contributed by atoms with van der Waals surface area (Å²) in [7, 11) is 0.664. The average Bonchev–Trinajstić information content (AvgIpc) is 2.34. The largest absolute Gasteiger partial charge is 0.207 e. The van der Waals surface area contributed by atoms with E-state index in [4.69, 9.17) is 0 Å². The van der Waals surface area contributed by atoms with Crippen molar-refractivity contribution in [1.29, 1.82) is 0 Å². The Morgan fingerprint density at radius 3 is 1.75 bits per heavy atom. The van der Waals surface area contributed by atoms with Gasteiger partial charge < -0.3 is 0 Å². The van der Waals surface area contributed by atoms with Gasteiger partial charge in [-0.3, -0.25) is 0 Å². The van der Waals surface area contributed by atoms with Crippen LogP contribution in [0.2, 0.25) is 0 Å². The van der Waals surface area contributed by atoms with Crippen LogP contribution in [0.5, 0.6) is 0 Å². The van der Waals surface area contributed by atoms with E-state index in [1.54, 1.807) is 0 Å². The molecule has 2 aromatic carbocycles. The third-order valence-corrected chi connectivity index (χ3v) is 2.79. The molecule has 0 heterocycles. The molecule has 0 aliphatic heterocycles. The van der Waals surface area contributed by atoms with Crippen LogP contribution in [0.3, 0.4) is 0 Å². The fourth-order valence-corrected chi connectivity index (χ4v) is 1.74. The first-order valence-electron chi connectivity index (χ1n) is 5.44. The molecule has 20 heavy (non-hydrogen) atoms. The van der Waals surface area contributed by atoms with Crippen molar-refractivity contribution in [3.8, 4) is 0 Å². The van der Waals surface area contributed by atoms with E-state index in [2.05, 4.69) is 0 Å². The Morgan fingerprint density at radius 2 is 1.20 bits per heavy atom. The maximum absolute atomic E-state index is 13.6. The van der Waals surface area contributed by atoms with Crippen molar-refractivity contribution in [1.82, 2.24) is 0 Å². The number of hydrogen-bond acceptors (Lipinski definition) is 0. The van der Waals surface area contributed by atoms with Crippen molar-refractivity contribution in [2.45, 2.75) is 6.92 Å². The molecule has 0 saturated carbocycles. The molecule has 0 spiro atoms. The molecule has 7 heteroatoms. The summed E-state index contributed by atoms with van der Waals surface area (Å²) in [5, 5.41) is 0. The van der Waals surface area contributed by atoms with Gasteiger partial charge in [0.25, 0.3) is 0 Å². The van der Waals surface area contributed by atoms with Gasteiger partial charge in [-0.2, -0.15) is 0 Å². The molecule has 0 nitrogen and oxygen atoms in total. The zero-order chi connectivity index (χ0) is 15.0. The van der Waals surface area contributed by atoms with Gasteiger partial charge in [-0.25, -0.2) is 26.3 Å². The van der Waals surface area contributed by atoms with E-state index in [1.165, 1.54) is 0 Å². The molecule has 0 N–H and O–H groups in total. The minimum absolute atomic E-state index is 0.271. The highest BCUT2D eigenvalue weighted by Gasteiger charge is 2.20. The summed E-state index contributed by atoms with van der Waals surface area (Å²) in [4.78, 5) is 0. The highest BCUT2D eigenvalue weighted by molar-refractivity contribution is 6.68. The minimum atomic E-state index is -1.41. The first-order valence-corrected chi connectivity index (χ1v) is 5.44. The topological polar surface area (TPSA) is 0 Å². The molecule has 0 atom stereocenters. The quantitative estimate of drug-likeness (QED) is 0.452. The van der Waals surface area contributed by atoms with Crippen molar-refractivity contribution < 1.29 is 26.3 Å². The van der Waals surface area contributed by atoms with Crippen LogP contribution in [0.25, 0.3) is 0 Å². The summed E-state index contributed by atoms with van der Waals surface area (Å²) in [5.41, 5.74) is -1.68. The lowest BCUT2D eigenvalue weighted by molar-refractivity contribution is 0.492. The lowest BCUT2D eigenvalue weighted by atomic mass is 9.61. The molecule has 0 bridgehead atoms. The van der Waals surface area contributed by atoms with E-state index < -0.39 is 51.4 Å². The fourth-order valence-electron chi connectivity index (χ4n) is 1.74. The van der Waals surface area contributed by atoms with Crippen LogP contribution in [0, 0.1) is 41.8 Å². The zero-order valence-corrected chi connectivity index (χ0v) is 10.1. The molecule has 0 aromatic heterocycles. The standard InChI is InChI=1S/C13H6BF6/c1-5-11(9(18)4-10(19)13(5)20)14-12-7(16)2-6(15)3-8(12)17/h2-4H,1H3. The molecule has 0 fully saturated rings. The average molecular weight is 287 g/mol. The van der Waals surface area contributed by atoms with Crippen LogP contribution < -0.4 is 10.9 Å². The Hall–Kier alpha value is -1.92. The van der Waals surface area contributed by atoms with Crippen molar-refractivity contribution in [2.24, 2.45) is 0 Å².